The molecule has 1 aliphatic carbocycles. The molecule has 1 aliphatic rings. The van der Waals surface area contributed by atoms with Crippen molar-refractivity contribution in [3.63, 3.8) is 0 Å². The average molecular weight is 690 g/mol. The Morgan fingerprint density at radius 2 is 1.70 bits per heavy atom. The zero-order chi connectivity index (χ0) is 30.7. The van der Waals surface area contributed by atoms with Gasteiger partial charge in [0.25, 0.3) is 0 Å². The smallest absolute Gasteiger partial charge is 0.387 e. The van der Waals surface area contributed by atoms with E-state index in [0.29, 0.717) is 28.7 Å². The molecule has 0 aliphatic heterocycles. The van der Waals surface area contributed by atoms with Crippen molar-refractivity contribution in [3.05, 3.63) is 97.4 Å². The highest BCUT2D eigenvalue weighted by atomic mass is 35.5. The van der Waals surface area contributed by atoms with Gasteiger partial charge in [-0.05, 0) is 72.2 Å². The summed E-state index contributed by atoms with van der Waals surface area (Å²) in [6.45, 7) is -2.78. The van der Waals surface area contributed by atoms with Crippen LogP contribution in [0.5, 0.6) is 11.5 Å². The third-order valence-corrected chi connectivity index (χ3v) is 10.4. The summed E-state index contributed by atoms with van der Waals surface area (Å²) in [4.78, 5) is 16.0. The van der Waals surface area contributed by atoms with Crippen LogP contribution in [0.4, 0.5) is 8.78 Å². The first-order valence-corrected chi connectivity index (χ1v) is 16.4. The van der Waals surface area contributed by atoms with Crippen molar-refractivity contribution in [2.24, 2.45) is 5.92 Å². The molecule has 0 spiro atoms. The number of hydrogen-bond donors (Lipinski definition) is 0. The molecule has 5 rings (SSSR count). The van der Waals surface area contributed by atoms with Crippen molar-refractivity contribution in [2.75, 3.05) is 6.61 Å². The summed E-state index contributed by atoms with van der Waals surface area (Å²) in [5.41, 5.74) is 0.799. The number of pyridine rings is 1. The van der Waals surface area contributed by atoms with Gasteiger partial charge in [0.1, 0.15) is 21.0 Å². The third kappa shape index (κ3) is 7.58. The quantitative estimate of drug-likeness (QED) is 0.141. The van der Waals surface area contributed by atoms with E-state index in [1.165, 1.54) is 66.3 Å². The molecule has 0 radical (unpaired) electrons. The van der Waals surface area contributed by atoms with Crippen molar-refractivity contribution in [2.45, 2.75) is 41.8 Å². The Hall–Kier alpha value is -2.96. The van der Waals surface area contributed by atoms with E-state index in [1.54, 1.807) is 0 Å². The number of H-pyrrole nitrogens is 1. The van der Waals surface area contributed by atoms with Gasteiger partial charge in [-0.15, -0.1) is 11.3 Å². The largest absolute Gasteiger partial charge is 0.489 e. The number of carbonyl (C=O) groups is 1. The lowest BCUT2D eigenvalue weighted by Crippen LogP contribution is -2.17. The SMILES string of the molecule is O=C(O[C@@H](Cc1c(Cl)c[nH+]cc1Cl)c1ccc(OC(F)F)c(OCC2CC2)c1)c1sccc1S(=O)(=O)c1ccc(Cl)cc1. The van der Waals surface area contributed by atoms with Crippen LogP contribution in [-0.4, -0.2) is 27.6 Å². The topological polar surface area (TPSA) is 93.0 Å². The lowest BCUT2D eigenvalue weighted by atomic mass is 10.0. The minimum atomic E-state index is -4.10. The van der Waals surface area contributed by atoms with E-state index >= 15 is 0 Å². The predicted octanol–water partition coefficient (Wildman–Crippen LogP) is 7.89. The number of nitrogens with one attached hydrogen (secondary N) is 1. The Kier molecular flexibility index (Phi) is 9.77. The molecule has 1 saturated carbocycles. The molecule has 226 valence electrons. The zero-order valence-electron chi connectivity index (χ0n) is 22.1. The maximum atomic E-state index is 13.6. The van der Waals surface area contributed by atoms with Gasteiger partial charge < -0.3 is 14.2 Å². The number of aromatic amines is 1. The van der Waals surface area contributed by atoms with E-state index < -0.39 is 28.5 Å². The Labute approximate surface area is 265 Å². The summed E-state index contributed by atoms with van der Waals surface area (Å²) < 4.78 is 69.4. The zero-order valence-corrected chi connectivity index (χ0v) is 26.0. The number of esters is 1. The summed E-state index contributed by atoms with van der Waals surface area (Å²) in [5, 5.41) is 2.35. The molecule has 0 unspecified atom stereocenters. The average Bonchev–Trinajstić information content (AvgIpc) is 3.65. The summed E-state index contributed by atoms with van der Waals surface area (Å²) in [6.07, 6.45) is 3.83. The van der Waals surface area contributed by atoms with Crippen molar-refractivity contribution in [3.8, 4) is 11.5 Å². The standard InChI is InChI=1S/C29H22Cl3F2NO6S2/c30-18-4-6-19(7-5-18)43(37,38)26-9-10-42-27(26)28(36)40-24(12-20-21(31)13-35-14-22(20)32)17-3-8-23(41-29(33)34)25(11-17)39-15-16-1-2-16/h3-11,13-14,16,24,29H,1-2,12,15H2/p+1/t24-/m0/s1. The Bertz CT molecular complexity index is 1710. The molecule has 1 N–H and O–H groups in total. The van der Waals surface area contributed by atoms with Crippen molar-refractivity contribution >= 4 is 61.9 Å². The molecular formula is C29H23Cl3F2NO6S2+. The van der Waals surface area contributed by atoms with Gasteiger partial charge in [0.05, 0.1) is 16.4 Å². The Morgan fingerprint density at radius 3 is 2.35 bits per heavy atom. The molecule has 7 nitrogen and oxygen atoms in total. The fraction of sp³-hybridized carbons (Fsp3) is 0.241. The van der Waals surface area contributed by atoms with Gasteiger partial charge in [0.2, 0.25) is 9.84 Å². The first-order chi connectivity index (χ1) is 20.5. The maximum absolute atomic E-state index is 13.6. The molecule has 43 heavy (non-hydrogen) atoms. The minimum absolute atomic E-state index is 0.0279. The van der Waals surface area contributed by atoms with Crippen LogP contribution in [0.15, 0.2) is 76.1 Å². The van der Waals surface area contributed by atoms with E-state index in [4.69, 9.17) is 44.3 Å². The second kappa shape index (κ2) is 13.4. The summed E-state index contributed by atoms with van der Waals surface area (Å²) >= 11 is 19.6. The fourth-order valence-corrected chi connectivity index (χ4v) is 7.40. The maximum Gasteiger partial charge on any atom is 0.387 e. The number of alkyl halides is 2. The number of sulfone groups is 1. The van der Waals surface area contributed by atoms with Crippen LogP contribution in [-0.2, 0) is 21.0 Å². The van der Waals surface area contributed by atoms with Crippen LogP contribution in [0.3, 0.4) is 0 Å². The molecule has 2 aromatic carbocycles. The van der Waals surface area contributed by atoms with Crippen molar-refractivity contribution in [1.29, 1.82) is 0 Å². The lowest BCUT2D eigenvalue weighted by molar-refractivity contribution is -0.377. The Morgan fingerprint density at radius 1 is 1.00 bits per heavy atom. The van der Waals surface area contributed by atoms with Gasteiger partial charge in [0.15, 0.2) is 23.9 Å². The molecule has 1 atom stereocenters. The van der Waals surface area contributed by atoms with Crippen LogP contribution in [0, 0.1) is 5.92 Å². The predicted molar refractivity (Wildman–Crippen MR) is 157 cm³/mol. The first kappa shape index (κ1) is 31.5. The highest BCUT2D eigenvalue weighted by molar-refractivity contribution is 7.91. The number of ether oxygens (including phenoxy) is 3. The normalized spacial score (nSPS) is 14.0. The molecule has 2 aromatic heterocycles. The highest BCUT2D eigenvalue weighted by Crippen LogP contribution is 2.39. The van der Waals surface area contributed by atoms with Gasteiger partial charge in [-0.3, -0.25) is 0 Å². The fourth-order valence-electron chi connectivity index (χ4n) is 4.19. The van der Waals surface area contributed by atoms with E-state index in [-0.39, 0.29) is 42.6 Å². The van der Waals surface area contributed by atoms with Gasteiger partial charge in [-0.1, -0.05) is 40.9 Å². The Balaban J connectivity index is 1.50. The molecule has 14 heteroatoms. The van der Waals surface area contributed by atoms with Crippen LogP contribution < -0.4 is 14.5 Å². The van der Waals surface area contributed by atoms with E-state index in [2.05, 4.69) is 9.72 Å². The molecule has 2 heterocycles. The molecular weight excluding hydrogens is 667 g/mol. The second-order valence-corrected chi connectivity index (χ2v) is 13.7. The molecule has 0 bridgehead atoms. The molecule has 0 saturated heterocycles. The third-order valence-electron chi connectivity index (χ3n) is 6.59. The lowest BCUT2D eigenvalue weighted by Gasteiger charge is -2.21. The van der Waals surface area contributed by atoms with Gasteiger partial charge in [-0.2, -0.15) is 8.78 Å². The van der Waals surface area contributed by atoms with Gasteiger partial charge >= 0.3 is 12.6 Å². The molecule has 4 aromatic rings. The number of aromatic nitrogens is 1. The number of benzene rings is 2. The summed E-state index contributed by atoms with van der Waals surface area (Å²) in [5.74, 6) is -0.735. The number of halogens is 5. The first-order valence-electron chi connectivity index (χ1n) is 12.9. The summed E-state index contributed by atoms with van der Waals surface area (Å²) in [7, 11) is -4.10. The number of rotatable bonds is 12. The van der Waals surface area contributed by atoms with Crippen molar-refractivity contribution < 1.29 is 41.2 Å². The van der Waals surface area contributed by atoms with Crippen molar-refractivity contribution in [1.82, 2.24) is 0 Å². The van der Waals surface area contributed by atoms with Crippen LogP contribution >= 0.6 is 46.1 Å². The van der Waals surface area contributed by atoms with E-state index in [0.717, 1.165) is 24.2 Å². The minimum Gasteiger partial charge on any atom is -0.489 e. The van der Waals surface area contributed by atoms with Gasteiger partial charge in [-0.25, -0.2) is 18.2 Å². The van der Waals surface area contributed by atoms with E-state index in [9.17, 15) is 22.0 Å². The second-order valence-electron chi connectivity index (χ2n) is 9.64. The van der Waals surface area contributed by atoms with Crippen LogP contribution in [0.2, 0.25) is 15.1 Å². The number of hydrogen-bond acceptors (Lipinski definition) is 7. The van der Waals surface area contributed by atoms with E-state index in [1.807, 2.05) is 0 Å². The number of carbonyl (C=O) groups excluding carboxylic acids is 1. The van der Waals surface area contributed by atoms with Gasteiger partial charge in [0, 0.05) is 17.0 Å². The van der Waals surface area contributed by atoms with Crippen LogP contribution in [0.1, 0.15) is 39.7 Å². The van der Waals surface area contributed by atoms with Crippen LogP contribution in [0.25, 0.3) is 0 Å². The summed E-state index contributed by atoms with van der Waals surface area (Å²) in [6, 6.07) is 11.1. The number of thiophene rings is 1. The molecule has 0 amide bonds. The monoisotopic (exact) mass is 688 g/mol. The molecule has 1 fully saturated rings. The highest BCUT2D eigenvalue weighted by Gasteiger charge is 2.31.